The van der Waals surface area contributed by atoms with Crippen molar-refractivity contribution in [2.75, 3.05) is 13.7 Å². The van der Waals surface area contributed by atoms with E-state index in [1.165, 1.54) is 20.1 Å². The maximum Gasteiger partial charge on any atom is 0.165 e. The molecule has 1 rings (SSSR count). The van der Waals surface area contributed by atoms with E-state index in [-0.39, 0.29) is 5.75 Å². The highest BCUT2D eigenvalue weighted by atomic mass is 19.1. The molecule has 1 aromatic rings. The van der Waals surface area contributed by atoms with Crippen LogP contribution in [0.15, 0.2) is 12.1 Å². The number of ether oxygens (including phenoxy) is 1. The van der Waals surface area contributed by atoms with Crippen LogP contribution in [0.5, 0.6) is 5.75 Å². The number of methoxy groups -OCH3 is 1. The van der Waals surface area contributed by atoms with Gasteiger partial charge >= 0.3 is 0 Å². The van der Waals surface area contributed by atoms with Crippen molar-refractivity contribution in [2.24, 2.45) is 5.73 Å². The second kappa shape index (κ2) is 6.55. The summed E-state index contributed by atoms with van der Waals surface area (Å²) in [5.41, 5.74) is 6.47. The van der Waals surface area contributed by atoms with Crippen LogP contribution in [0.1, 0.15) is 37.1 Å². The van der Waals surface area contributed by atoms with Gasteiger partial charge in [0.2, 0.25) is 0 Å². The number of hydrogen-bond donors (Lipinski definition) is 1. The summed E-state index contributed by atoms with van der Waals surface area (Å²) >= 11 is 0. The first-order valence-corrected chi connectivity index (χ1v) is 5.80. The van der Waals surface area contributed by atoms with Gasteiger partial charge in [0.15, 0.2) is 11.6 Å². The van der Waals surface area contributed by atoms with Crippen LogP contribution in [-0.4, -0.2) is 13.7 Å². The second-order valence-electron chi connectivity index (χ2n) is 4.06. The molecule has 0 aliphatic rings. The number of rotatable bonds is 6. The average molecular weight is 243 g/mol. The van der Waals surface area contributed by atoms with E-state index in [1.54, 1.807) is 6.07 Å². The van der Waals surface area contributed by atoms with Gasteiger partial charge in [-0.25, -0.2) is 8.78 Å². The molecule has 2 nitrogen and oxygen atoms in total. The predicted octanol–water partition coefficient (Wildman–Crippen LogP) is 3.15. The molecule has 4 heteroatoms. The molecule has 1 unspecified atom stereocenters. The zero-order chi connectivity index (χ0) is 12.8. The molecule has 0 saturated carbocycles. The Morgan fingerprint density at radius 3 is 2.59 bits per heavy atom. The molecule has 0 radical (unpaired) electrons. The first kappa shape index (κ1) is 13.9. The minimum atomic E-state index is -1.18. The molecule has 1 atom stereocenters. The highest BCUT2D eigenvalue weighted by Gasteiger charge is 2.14. The molecule has 96 valence electrons. The second-order valence-corrected chi connectivity index (χ2v) is 4.06. The van der Waals surface area contributed by atoms with Crippen molar-refractivity contribution in [3.05, 3.63) is 29.1 Å². The van der Waals surface area contributed by atoms with Gasteiger partial charge in [-0.2, -0.15) is 0 Å². The average Bonchev–Trinajstić information content (AvgIpc) is 2.28. The van der Waals surface area contributed by atoms with Crippen molar-refractivity contribution in [2.45, 2.75) is 32.4 Å². The quantitative estimate of drug-likeness (QED) is 0.779. The van der Waals surface area contributed by atoms with Crippen LogP contribution in [0, 0.1) is 5.82 Å². The highest BCUT2D eigenvalue weighted by Crippen LogP contribution is 2.29. The number of halogens is 2. The lowest BCUT2D eigenvalue weighted by molar-refractivity contribution is 0.362. The summed E-state index contributed by atoms with van der Waals surface area (Å²) in [7, 11) is 1.42. The maximum atomic E-state index is 13.7. The van der Waals surface area contributed by atoms with Gasteiger partial charge in [-0.15, -0.1) is 0 Å². The molecule has 0 aromatic heterocycles. The maximum absolute atomic E-state index is 13.7. The van der Waals surface area contributed by atoms with Gasteiger partial charge in [0, 0.05) is 0 Å². The summed E-state index contributed by atoms with van der Waals surface area (Å²) in [5.74, 6) is -0.288. The molecule has 0 fully saturated rings. The normalized spacial score (nSPS) is 12.5. The predicted molar refractivity (Wildman–Crippen MR) is 64.5 cm³/mol. The van der Waals surface area contributed by atoms with E-state index < -0.39 is 12.0 Å². The minimum Gasteiger partial charge on any atom is -0.493 e. The van der Waals surface area contributed by atoms with Crippen molar-refractivity contribution in [3.8, 4) is 5.75 Å². The molecular weight excluding hydrogens is 224 g/mol. The summed E-state index contributed by atoms with van der Waals surface area (Å²) in [6, 6.07) is 2.86. The first-order valence-electron chi connectivity index (χ1n) is 5.80. The van der Waals surface area contributed by atoms with Gasteiger partial charge in [0.05, 0.1) is 7.11 Å². The Hall–Kier alpha value is -1.16. The Labute approximate surface area is 101 Å². The zero-order valence-corrected chi connectivity index (χ0v) is 10.3. The Balaban J connectivity index is 2.97. The molecule has 0 saturated heterocycles. The molecular formula is C13H19F2NO. The summed E-state index contributed by atoms with van der Waals surface area (Å²) in [6.07, 6.45) is 1.18. The van der Waals surface area contributed by atoms with E-state index in [0.717, 1.165) is 12.8 Å². The topological polar surface area (TPSA) is 35.2 Å². The molecule has 0 heterocycles. The van der Waals surface area contributed by atoms with Gasteiger partial charge in [-0.1, -0.05) is 0 Å². The zero-order valence-electron chi connectivity index (χ0n) is 10.3. The van der Waals surface area contributed by atoms with Crippen molar-refractivity contribution >= 4 is 0 Å². The van der Waals surface area contributed by atoms with Gasteiger partial charge in [-0.3, -0.25) is 0 Å². The molecule has 0 aliphatic heterocycles. The molecule has 0 spiro atoms. The van der Waals surface area contributed by atoms with Crippen LogP contribution in [0.25, 0.3) is 0 Å². The third kappa shape index (κ3) is 3.66. The van der Waals surface area contributed by atoms with Gasteiger partial charge in [0.1, 0.15) is 6.17 Å². The van der Waals surface area contributed by atoms with Crippen molar-refractivity contribution < 1.29 is 13.5 Å². The van der Waals surface area contributed by atoms with E-state index in [4.69, 9.17) is 10.5 Å². The summed E-state index contributed by atoms with van der Waals surface area (Å²) in [4.78, 5) is 0. The molecule has 2 N–H and O–H groups in total. The van der Waals surface area contributed by atoms with E-state index in [0.29, 0.717) is 24.1 Å². The summed E-state index contributed by atoms with van der Waals surface area (Å²) < 4.78 is 31.9. The van der Waals surface area contributed by atoms with E-state index in [9.17, 15) is 8.78 Å². The number of nitrogens with two attached hydrogens (primary N) is 1. The van der Waals surface area contributed by atoms with Crippen LogP contribution in [-0.2, 0) is 6.42 Å². The lowest BCUT2D eigenvalue weighted by atomic mass is 10.0. The Bertz CT molecular complexity index is 367. The van der Waals surface area contributed by atoms with Crippen LogP contribution in [0.2, 0.25) is 0 Å². The number of unbranched alkanes of at least 4 members (excludes halogenated alkanes) is 1. The highest BCUT2D eigenvalue weighted by molar-refractivity contribution is 5.39. The Morgan fingerprint density at radius 1 is 1.35 bits per heavy atom. The number of alkyl halides is 1. The standard InChI is InChI=1S/C13H19F2NO/c1-9(14)11-7-10(5-3-4-6-16)13(17-2)12(15)8-11/h7-9H,3-6,16H2,1-2H3. The monoisotopic (exact) mass is 243 g/mol. The fourth-order valence-electron chi connectivity index (χ4n) is 1.78. The van der Waals surface area contributed by atoms with Gasteiger partial charge in [0.25, 0.3) is 0 Å². The third-order valence-corrected chi connectivity index (χ3v) is 2.71. The van der Waals surface area contributed by atoms with E-state index >= 15 is 0 Å². The fourth-order valence-corrected chi connectivity index (χ4v) is 1.78. The van der Waals surface area contributed by atoms with Crippen molar-refractivity contribution in [3.63, 3.8) is 0 Å². The van der Waals surface area contributed by atoms with Crippen LogP contribution >= 0.6 is 0 Å². The van der Waals surface area contributed by atoms with Gasteiger partial charge in [-0.05, 0) is 56.0 Å². The lowest BCUT2D eigenvalue weighted by Gasteiger charge is -2.12. The summed E-state index contributed by atoms with van der Waals surface area (Å²) in [6.45, 7) is 1.99. The Kier molecular flexibility index (Phi) is 5.35. The van der Waals surface area contributed by atoms with Crippen LogP contribution in [0.3, 0.4) is 0 Å². The van der Waals surface area contributed by atoms with E-state index in [2.05, 4.69) is 0 Å². The summed E-state index contributed by atoms with van der Waals surface area (Å²) in [5, 5.41) is 0. The van der Waals surface area contributed by atoms with Crippen molar-refractivity contribution in [1.29, 1.82) is 0 Å². The third-order valence-electron chi connectivity index (χ3n) is 2.71. The first-order chi connectivity index (χ1) is 8.10. The van der Waals surface area contributed by atoms with Crippen LogP contribution < -0.4 is 10.5 Å². The largest absolute Gasteiger partial charge is 0.493 e. The molecule has 17 heavy (non-hydrogen) atoms. The smallest absolute Gasteiger partial charge is 0.165 e. The lowest BCUT2D eigenvalue weighted by Crippen LogP contribution is -2.02. The molecule has 0 bridgehead atoms. The number of aryl methyl sites for hydroxylation is 1. The molecule has 0 aliphatic carbocycles. The number of hydrogen-bond acceptors (Lipinski definition) is 2. The van der Waals surface area contributed by atoms with Gasteiger partial charge < -0.3 is 10.5 Å². The number of benzene rings is 1. The fraction of sp³-hybridized carbons (Fsp3) is 0.538. The minimum absolute atomic E-state index is 0.214. The molecule has 0 amide bonds. The van der Waals surface area contributed by atoms with Crippen LogP contribution in [0.4, 0.5) is 8.78 Å². The Morgan fingerprint density at radius 2 is 2.06 bits per heavy atom. The van der Waals surface area contributed by atoms with Crippen molar-refractivity contribution in [1.82, 2.24) is 0 Å². The van der Waals surface area contributed by atoms with E-state index in [1.807, 2.05) is 0 Å². The molecule has 1 aromatic carbocycles. The SMILES string of the molecule is COc1c(F)cc(C(C)F)cc1CCCCN.